The highest BCUT2D eigenvalue weighted by molar-refractivity contribution is 6.02. The summed E-state index contributed by atoms with van der Waals surface area (Å²) in [7, 11) is 1.44. The number of aromatic amines is 1. The molecule has 0 aliphatic heterocycles. The van der Waals surface area contributed by atoms with Crippen molar-refractivity contribution in [2.75, 3.05) is 5.32 Å². The van der Waals surface area contributed by atoms with Gasteiger partial charge >= 0.3 is 12.5 Å². The number of nitrogens with zero attached hydrogens (tertiary/aromatic N) is 3. The zero-order valence-corrected chi connectivity index (χ0v) is 18.2. The van der Waals surface area contributed by atoms with E-state index in [0.717, 1.165) is 0 Å². The van der Waals surface area contributed by atoms with Crippen molar-refractivity contribution in [3.63, 3.8) is 0 Å². The van der Waals surface area contributed by atoms with E-state index in [1.807, 2.05) is 0 Å². The molecule has 0 atom stereocenters. The smallest absolute Gasteiger partial charge is 0.465 e. The van der Waals surface area contributed by atoms with Gasteiger partial charge in [0.15, 0.2) is 0 Å². The van der Waals surface area contributed by atoms with Crippen LogP contribution < -0.4 is 10.6 Å². The number of aromatic nitrogens is 4. The van der Waals surface area contributed by atoms with Crippen LogP contribution in [0.25, 0.3) is 0 Å². The molecule has 180 valence electrons. The van der Waals surface area contributed by atoms with E-state index < -0.39 is 25.0 Å². The Morgan fingerprint density at radius 1 is 1.25 bits per heavy atom. The average Bonchev–Trinajstić information content (AvgIpc) is 3.43. The summed E-state index contributed by atoms with van der Waals surface area (Å²) in [6.45, 7) is 2.79. The minimum atomic E-state index is -4.74. The molecule has 0 aromatic carbocycles. The van der Waals surface area contributed by atoms with Gasteiger partial charge in [0.1, 0.15) is 18.1 Å². The number of H-pyrrole nitrogens is 1. The van der Waals surface area contributed by atoms with Gasteiger partial charge in [-0.1, -0.05) is 32.1 Å². The number of carbonyl (C=O) groups is 2. The molecule has 0 spiro atoms. The largest absolute Gasteiger partial charge is 0.522 e. The van der Waals surface area contributed by atoms with Crippen LogP contribution >= 0.6 is 0 Å². The predicted molar refractivity (Wildman–Crippen MR) is 110 cm³/mol. The molecule has 2 heterocycles. The zero-order valence-electron chi connectivity index (χ0n) is 18.2. The molecule has 1 aliphatic rings. The van der Waals surface area contributed by atoms with Gasteiger partial charge in [-0.15, -0.1) is 13.2 Å². The summed E-state index contributed by atoms with van der Waals surface area (Å²) in [6, 6.07) is 2.77. The lowest BCUT2D eigenvalue weighted by molar-refractivity contribution is -0.330. The molecule has 0 bridgehead atoms. The molecular formula is C19H29F3N6O4. The van der Waals surface area contributed by atoms with Crippen LogP contribution in [-0.4, -0.2) is 49.5 Å². The number of halogens is 3. The van der Waals surface area contributed by atoms with Gasteiger partial charge < -0.3 is 15.7 Å². The first-order valence-corrected chi connectivity index (χ1v) is 10.0. The fraction of sp³-hybridized carbons (Fsp3) is 0.579. The number of nitrogens with one attached hydrogen (secondary N) is 3. The summed E-state index contributed by atoms with van der Waals surface area (Å²) in [5.41, 5.74) is 0.0972. The maximum Gasteiger partial charge on any atom is 0.522 e. The van der Waals surface area contributed by atoms with Gasteiger partial charge in [-0.2, -0.15) is 10.2 Å². The second-order valence-electron chi connectivity index (χ2n) is 7.18. The Labute approximate surface area is 183 Å². The Morgan fingerprint density at radius 3 is 2.25 bits per heavy atom. The molecule has 2 aromatic heterocycles. The summed E-state index contributed by atoms with van der Waals surface area (Å²) in [4.78, 5) is 21.6. The first-order valence-electron chi connectivity index (χ1n) is 10.0. The number of carboxylic acid groups (broad SMARTS) is 1. The molecule has 10 nitrogen and oxygen atoms in total. The second kappa shape index (κ2) is 13.3. The highest BCUT2D eigenvalue weighted by atomic mass is 19.4. The van der Waals surface area contributed by atoms with Gasteiger partial charge in [0.2, 0.25) is 0 Å². The summed E-state index contributed by atoms with van der Waals surface area (Å²) in [5.74, 6) is -0.160. The van der Waals surface area contributed by atoms with Crippen LogP contribution in [0.3, 0.4) is 0 Å². The number of amides is 2. The molecule has 0 unspecified atom stereocenters. The highest BCUT2D eigenvalue weighted by Gasteiger charge is 2.29. The fourth-order valence-corrected chi connectivity index (χ4v) is 2.61. The molecule has 1 aliphatic carbocycles. The standard InChI is InChI=1S/C10H10F3N5O2.C5H10.C4H9NO2/c1-18-7(9(19)15-8-2-3-14-16-8)4-6(17-18)5-20-10(11,12)13;1-2-4-5-3-1;1-3(2)5-4(6)7/h2-4H,5H2,1H3,(H2,14,15,16,19);1-5H2;3,5H,1-2H3,(H,6,7). The molecule has 2 aromatic rings. The van der Waals surface area contributed by atoms with E-state index in [1.54, 1.807) is 13.8 Å². The lowest BCUT2D eigenvalue weighted by Gasteiger charge is -2.04. The Bertz CT molecular complexity index is 810. The number of anilines is 1. The van der Waals surface area contributed by atoms with Crippen LogP contribution in [0, 0.1) is 0 Å². The Morgan fingerprint density at radius 2 is 1.84 bits per heavy atom. The average molecular weight is 462 g/mol. The van der Waals surface area contributed by atoms with Gasteiger partial charge in [-0.25, -0.2) is 4.79 Å². The topological polar surface area (TPSA) is 134 Å². The maximum absolute atomic E-state index is 11.9. The SMILES string of the molecule is C1CCCC1.CC(C)NC(=O)O.Cn1nc(COC(F)(F)F)cc1C(=O)Nc1ccn[nH]1. The number of ether oxygens (including phenoxy) is 1. The predicted octanol–water partition coefficient (Wildman–Crippen LogP) is 4.04. The van der Waals surface area contributed by atoms with Crippen molar-refractivity contribution in [1.29, 1.82) is 0 Å². The molecule has 13 heteroatoms. The number of alkyl halides is 3. The third-order valence-electron chi connectivity index (χ3n) is 3.96. The number of hydrogen-bond donors (Lipinski definition) is 4. The van der Waals surface area contributed by atoms with Gasteiger partial charge in [0.05, 0.1) is 11.9 Å². The number of aryl methyl sites for hydroxylation is 1. The molecule has 1 saturated carbocycles. The fourth-order valence-electron chi connectivity index (χ4n) is 2.61. The Balaban J connectivity index is 0.000000348. The van der Waals surface area contributed by atoms with Crippen LogP contribution in [-0.2, 0) is 18.4 Å². The molecule has 4 N–H and O–H groups in total. The van der Waals surface area contributed by atoms with E-state index in [0.29, 0.717) is 5.82 Å². The lowest BCUT2D eigenvalue weighted by Crippen LogP contribution is -2.27. The third-order valence-corrected chi connectivity index (χ3v) is 3.96. The number of hydrogen-bond acceptors (Lipinski definition) is 5. The van der Waals surface area contributed by atoms with Crippen LogP contribution in [0.4, 0.5) is 23.8 Å². The molecule has 1 fully saturated rings. The molecule has 3 rings (SSSR count). The van der Waals surface area contributed by atoms with Crippen molar-refractivity contribution >= 4 is 17.8 Å². The van der Waals surface area contributed by atoms with Gasteiger partial charge in [-0.3, -0.25) is 19.3 Å². The van der Waals surface area contributed by atoms with Crippen molar-refractivity contribution in [2.24, 2.45) is 7.05 Å². The van der Waals surface area contributed by atoms with Gasteiger partial charge in [-0.05, 0) is 19.9 Å². The van der Waals surface area contributed by atoms with Crippen LogP contribution in [0.2, 0.25) is 0 Å². The minimum Gasteiger partial charge on any atom is -0.465 e. The first-order chi connectivity index (χ1) is 15.0. The molecule has 0 saturated heterocycles. The molecule has 0 radical (unpaired) electrons. The van der Waals surface area contributed by atoms with Gasteiger partial charge in [0.25, 0.3) is 5.91 Å². The van der Waals surface area contributed by atoms with Gasteiger partial charge in [0, 0.05) is 19.2 Å². The van der Waals surface area contributed by atoms with Crippen LogP contribution in [0.15, 0.2) is 18.3 Å². The highest BCUT2D eigenvalue weighted by Crippen LogP contribution is 2.19. The Kier molecular flexibility index (Phi) is 11.2. The Hall–Kier alpha value is -3.09. The van der Waals surface area contributed by atoms with Crippen LogP contribution in [0.1, 0.15) is 62.1 Å². The molecule has 32 heavy (non-hydrogen) atoms. The number of carbonyl (C=O) groups excluding carboxylic acids is 1. The summed E-state index contributed by atoms with van der Waals surface area (Å²) >= 11 is 0. The van der Waals surface area contributed by atoms with Crippen molar-refractivity contribution in [3.05, 3.63) is 29.7 Å². The molecule has 2 amide bonds. The summed E-state index contributed by atoms with van der Waals surface area (Å²) in [5, 5.41) is 22.6. The maximum atomic E-state index is 11.9. The minimum absolute atomic E-state index is 0.000384. The zero-order chi connectivity index (χ0) is 24.1. The van der Waals surface area contributed by atoms with E-state index in [1.165, 1.54) is 62.2 Å². The quantitative estimate of drug-likeness (QED) is 0.530. The van der Waals surface area contributed by atoms with E-state index in [4.69, 9.17) is 5.11 Å². The van der Waals surface area contributed by atoms with Crippen molar-refractivity contribution < 1.29 is 32.6 Å². The lowest BCUT2D eigenvalue weighted by atomic mass is 10.3. The third kappa shape index (κ3) is 11.9. The van der Waals surface area contributed by atoms with Crippen molar-refractivity contribution in [1.82, 2.24) is 25.3 Å². The summed E-state index contributed by atoms with van der Waals surface area (Å²) < 4.78 is 40.5. The van der Waals surface area contributed by atoms with Crippen LogP contribution in [0.5, 0.6) is 0 Å². The second-order valence-corrected chi connectivity index (χ2v) is 7.18. The monoisotopic (exact) mass is 462 g/mol. The molecular weight excluding hydrogens is 433 g/mol. The number of rotatable bonds is 5. The van der Waals surface area contributed by atoms with Crippen molar-refractivity contribution in [3.8, 4) is 0 Å². The van der Waals surface area contributed by atoms with E-state index in [2.05, 4.69) is 30.7 Å². The van der Waals surface area contributed by atoms with E-state index in [-0.39, 0.29) is 17.4 Å². The normalized spacial score (nSPS) is 13.0. The van der Waals surface area contributed by atoms with E-state index >= 15 is 0 Å². The summed E-state index contributed by atoms with van der Waals surface area (Å²) in [6.07, 6.45) is 3.24. The van der Waals surface area contributed by atoms with Crippen molar-refractivity contribution in [2.45, 2.75) is 65.0 Å². The first kappa shape index (κ1) is 26.9. The van der Waals surface area contributed by atoms with E-state index in [9.17, 15) is 22.8 Å².